The predicted molar refractivity (Wildman–Crippen MR) is 103 cm³/mol. The molecule has 2 atom stereocenters. The van der Waals surface area contributed by atoms with Gasteiger partial charge in [-0.05, 0) is 19.4 Å². The third-order valence-corrected chi connectivity index (χ3v) is 7.01. The molecule has 1 fully saturated rings. The first kappa shape index (κ1) is 20.6. The molecule has 0 radical (unpaired) electrons. The highest BCUT2D eigenvalue weighted by atomic mass is 32.2. The fourth-order valence-corrected chi connectivity index (χ4v) is 5.42. The van der Waals surface area contributed by atoms with Gasteiger partial charge in [-0.2, -0.15) is 4.31 Å². The number of hydrogen-bond acceptors (Lipinski definition) is 6. The zero-order valence-electron chi connectivity index (χ0n) is 15.6. The van der Waals surface area contributed by atoms with Crippen molar-refractivity contribution in [1.82, 2.24) is 14.2 Å². The van der Waals surface area contributed by atoms with Gasteiger partial charge in [0.15, 0.2) is 5.82 Å². The van der Waals surface area contributed by atoms with E-state index in [4.69, 9.17) is 11.5 Å². The number of pyridine rings is 1. The average Bonchev–Trinajstić information content (AvgIpc) is 2.88. The van der Waals surface area contributed by atoms with Crippen molar-refractivity contribution < 1.29 is 17.6 Å². The van der Waals surface area contributed by atoms with Crippen LogP contribution in [0, 0.1) is 5.82 Å². The lowest BCUT2D eigenvalue weighted by Crippen LogP contribution is -2.50. The molecule has 2 heterocycles. The molecule has 0 unspecified atom stereocenters. The number of nitrogens with two attached hydrogens (primary N) is 2. The van der Waals surface area contributed by atoms with E-state index >= 15 is 0 Å². The normalized spacial score (nSPS) is 20.1. The van der Waals surface area contributed by atoms with Gasteiger partial charge in [0.2, 0.25) is 15.9 Å². The van der Waals surface area contributed by atoms with Crippen molar-refractivity contribution in [3.63, 3.8) is 0 Å². The van der Waals surface area contributed by atoms with Gasteiger partial charge >= 0.3 is 0 Å². The number of rotatable bonds is 4. The maximum atomic E-state index is 14.4. The van der Waals surface area contributed by atoms with Crippen LogP contribution in [-0.2, 0) is 14.8 Å². The Morgan fingerprint density at radius 3 is 2.82 bits per heavy atom. The first-order valence-electron chi connectivity index (χ1n) is 9.06. The van der Waals surface area contributed by atoms with E-state index in [2.05, 4.69) is 4.98 Å². The third-order valence-electron chi connectivity index (χ3n) is 4.95. The van der Waals surface area contributed by atoms with Crippen LogP contribution >= 0.6 is 0 Å². The molecule has 1 saturated heterocycles. The van der Waals surface area contributed by atoms with Crippen LogP contribution < -0.4 is 11.5 Å². The Morgan fingerprint density at radius 1 is 1.36 bits per heavy atom. The summed E-state index contributed by atoms with van der Waals surface area (Å²) in [6.45, 7) is 2.54. The fraction of sp³-hybridized carbons (Fsp3) is 0.444. The van der Waals surface area contributed by atoms with Gasteiger partial charge in [-0.1, -0.05) is 12.1 Å². The summed E-state index contributed by atoms with van der Waals surface area (Å²) in [5, 5.41) is 0.432. The molecule has 152 valence electrons. The maximum absolute atomic E-state index is 14.4. The molecule has 28 heavy (non-hydrogen) atoms. The second kappa shape index (κ2) is 8.08. The molecular weight excluding hydrogens is 385 g/mol. The molecule has 4 N–H and O–H groups in total. The fourth-order valence-electron chi connectivity index (χ4n) is 3.53. The van der Waals surface area contributed by atoms with Crippen molar-refractivity contribution in [1.29, 1.82) is 0 Å². The topological polar surface area (TPSA) is 123 Å². The smallest absolute Gasteiger partial charge is 0.244 e. The van der Waals surface area contributed by atoms with E-state index in [1.54, 1.807) is 24.0 Å². The monoisotopic (exact) mass is 409 g/mol. The van der Waals surface area contributed by atoms with E-state index in [9.17, 15) is 17.6 Å². The number of fused-ring (bicyclic) bond motifs is 1. The summed E-state index contributed by atoms with van der Waals surface area (Å²) in [6, 6.07) is 3.27. The summed E-state index contributed by atoms with van der Waals surface area (Å²) in [5.74, 6) is -0.985. The van der Waals surface area contributed by atoms with E-state index in [1.165, 1.54) is 16.6 Å². The van der Waals surface area contributed by atoms with E-state index in [0.717, 1.165) is 6.20 Å². The highest BCUT2D eigenvalue weighted by molar-refractivity contribution is 7.89. The summed E-state index contributed by atoms with van der Waals surface area (Å²) in [4.78, 5) is 17.6. The average molecular weight is 409 g/mol. The largest absolute Gasteiger partial charge is 0.340 e. The van der Waals surface area contributed by atoms with Gasteiger partial charge in [-0.25, -0.2) is 12.8 Å². The van der Waals surface area contributed by atoms with Crippen molar-refractivity contribution in [2.45, 2.75) is 30.3 Å². The molecule has 0 spiro atoms. The number of aromatic nitrogens is 1. The second-order valence-corrected chi connectivity index (χ2v) is 8.78. The van der Waals surface area contributed by atoms with Gasteiger partial charge in [-0.15, -0.1) is 0 Å². The number of halogens is 1. The van der Waals surface area contributed by atoms with Crippen LogP contribution in [0.15, 0.2) is 35.5 Å². The Morgan fingerprint density at radius 2 is 2.11 bits per heavy atom. The first-order valence-corrected chi connectivity index (χ1v) is 10.5. The van der Waals surface area contributed by atoms with Crippen molar-refractivity contribution in [3.8, 4) is 0 Å². The summed E-state index contributed by atoms with van der Waals surface area (Å²) in [6.07, 6.45) is 2.88. The molecule has 0 bridgehead atoms. The molecule has 1 aromatic heterocycles. The van der Waals surface area contributed by atoms with Crippen molar-refractivity contribution in [2.75, 3.05) is 26.2 Å². The summed E-state index contributed by atoms with van der Waals surface area (Å²) < 4.78 is 42.5. The van der Waals surface area contributed by atoms with Crippen molar-refractivity contribution in [2.24, 2.45) is 11.5 Å². The number of nitrogens with zero attached hydrogens (tertiary/aromatic N) is 3. The highest BCUT2D eigenvalue weighted by Gasteiger charge is 2.35. The molecule has 0 saturated carbocycles. The van der Waals surface area contributed by atoms with Gasteiger partial charge in [0.25, 0.3) is 0 Å². The number of benzene rings is 1. The minimum absolute atomic E-state index is 0.0204. The SMILES string of the molecule is C[C@H]1CN(C(=O)[C@@H](N)CN)CCCN1S(=O)(=O)c1cccc2cncc(F)c12. The number of carbonyl (C=O) groups is 1. The molecule has 2 aromatic rings. The summed E-state index contributed by atoms with van der Waals surface area (Å²) >= 11 is 0. The number of carbonyl (C=O) groups excluding carboxylic acids is 1. The van der Waals surface area contributed by atoms with Crippen LogP contribution in [0.5, 0.6) is 0 Å². The molecule has 0 aliphatic carbocycles. The Labute approximate surface area is 163 Å². The summed E-state index contributed by atoms with van der Waals surface area (Å²) in [5.41, 5.74) is 11.2. The van der Waals surface area contributed by atoms with Gasteiger partial charge in [-0.3, -0.25) is 9.78 Å². The number of amides is 1. The molecule has 8 nitrogen and oxygen atoms in total. The van der Waals surface area contributed by atoms with Crippen LogP contribution in [0.3, 0.4) is 0 Å². The molecular formula is C18H24FN5O3S. The Bertz CT molecular complexity index is 979. The van der Waals surface area contributed by atoms with E-state index in [0.29, 0.717) is 18.4 Å². The lowest BCUT2D eigenvalue weighted by Gasteiger charge is -2.29. The minimum Gasteiger partial charge on any atom is -0.340 e. The summed E-state index contributed by atoms with van der Waals surface area (Å²) in [7, 11) is -3.99. The van der Waals surface area contributed by atoms with E-state index in [1.807, 2.05) is 0 Å². The molecule has 1 aromatic carbocycles. The lowest BCUT2D eigenvalue weighted by atomic mass is 10.2. The van der Waals surface area contributed by atoms with Gasteiger partial charge in [0.1, 0.15) is 0 Å². The van der Waals surface area contributed by atoms with Crippen molar-refractivity contribution >= 4 is 26.7 Å². The molecule has 1 aliphatic heterocycles. The number of hydrogen-bond donors (Lipinski definition) is 2. The maximum Gasteiger partial charge on any atom is 0.244 e. The third kappa shape index (κ3) is 3.72. The minimum atomic E-state index is -3.99. The Kier molecular flexibility index (Phi) is 5.94. The van der Waals surface area contributed by atoms with E-state index in [-0.39, 0.29) is 35.8 Å². The standard InChI is InChI=1S/C18H24FN5O3S/c1-12-11-23(18(25)15(21)8-20)6-3-7-24(12)28(26,27)16-5-2-4-13-9-22-10-14(19)17(13)16/h2,4-5,9-10,12,15H,3,6-8,11,20-21H2,1H3/t12-,15-/m0/s1. The zero-order valence-corrected chi connectivity index (χ0v) is 16.4. The van der Waals surface area contributed by atoms with Crippen molar-refractivity contribution in [3.05, 3.63) is 36.4 Å². The highest BCUT2D eigenvalue weighted by Crippen LogP contribution is 2.29. The number of sulfonamides is 1. The molecule has 3 rings (SSSR count). The lowest BCUT2D eigenvalue weighted by molar-refractivity contribution is -0.132. The van der Waals surface area contributed by atoms with Crippen LogP contribution in [-0.4, -0.2) is 66.8 Å². The van der Waals surface area contributed by atoms with E-state index < -0.39 is 27.9 Å². The van der Waals surface area contributed by atoms with Crippen LogP contribution in [0.1, 0.15) is 13.3 Å². The second-order valence-electron chi connectivity index (χ2n) is 6.92. The molecule has 1 aliphatic rings. The van der Waals surface area contributed by atoms with Gasteiger partial charge in [0, 0.05) is 49.2 Å². The van der Waals surface area contributed by atoms with Crippen LogP contribution in [0.25, 0.3) is 10.8 Å². The Hall–Kier alpha value is -2.14. The van der Waals surface area contributed by atoms with Gasteiger partial charge < -0.3 is 16.4 Å². The Balaban J connectivity index is 1.96. The zero-order chi connectivity index (χ0) is 20.5. The van der Waals surface area contributed by atoms with Crippen LogP contribution in [0.2, 0.25) is 0 Å². The predicted octanol–water partition coefficient (Wildman–Crippen LogP) is 0.271. The van der Waals surface area contributed by atoms with Crippen LogP contribution in [0.4, 0.5) is 4.39 Å². The molecule has 10 heteroatoms. The molecule has 1 amide bonds. The first-order chi connectivity index (χ1) is 13.3. The quantitative estimate of drug-likeness (QED) is 0.747. The van der Waals surface area contributed by atoms with Gasteiger partial charge in [0.05, 0.1) is 17.1 Å².